The molecule has 0 heterocycles. The van der Waals surface area contributed by atoms with Crippen molar-refractivity contribution in [2.24, 2.45) is 11.8 Å². The standard InChI is InChI=1S/C19H27NO4/c1-12(2)9-15(19(23)24)11-20-18(22)8-7-17(21)16-10-13(3)5-6-14(16)4/h5-6,10,12,15H,7-9,11H2,1-4H3,(H,20,22)(H,23,24). The summed E-state index contributed by atoms with van der Waals surface area (Å²) in [6.45, 7) is 7.78. The molecule has 0 saturated heterocycles. The van der Waals surface area contributed by atoms with Crippen LogP contribution in [0, 0.1) is 25.7 Å². The third-order valence-electron chi connectivity index (χ3n) is 3.92. The maximum absolute atomic E-state index is 12.2. The predicted molar refractivity (Wildman–Crippen MR) is 93.1 cm³/mol. The van der Waals surface area contributed by atoms with Crippen LogP contribution < -0.4 is 5.32 Å². The van der Waals surface area contributed by atoms with Crippen molar-refractivity contribution >= 4 is 17.7 Å². The lowest BCUT2D eigenvalue weighted by Gasteiger charge is -2.15. The molecule has 0 aliphatic rings. The van der Waals surface area contributed by atoms with Crippen LogP contribution in [0.4, 0.5) is 0 Å². The van der Waals surface area contributed by atoms with Gasteiger partial charge in [-0.3, -0.25) is 14.4 Å². The minimum absolute atomic E-state index is 0.0664. The Balaban J connectivity index is 2.49. The van der Waals surface area contributed by atoms with Crippen LogP contribution in [-0.4, -0.2) is 29.3 Å². The summed E-state index contributed by atoms with van der Waals surface area (Å²) in [5, 5.41) is 11.8. The van der Waals surface area contributed by atoms with Gasteiger partial charge in [0.2, 0.25) is 5.91 Å². The van der Waals surface area contributed by atoms with Crippen molar-refractivity contribution in [3.8, 4) is 0 Å². The summed E-state index contributed by atoms with van der Waals surface area (Å²) in [7, 11) is 0. The van der Waals surface area contributed by atoms with E-state index in [1.807, 2.05) is 45.9 Å². The van der Waals surface area contributed by atoms with Crippen LogP contribution in [0.5, 0.6) is 0 Å². The highest BCUT2D eigenvalue weighted by Gasteiger charge is 2.20. The minimum atomic E-state index is -0.907. The van der Waals surface area contributed by atoms with Crippen molar-refractivity contribution in [2.45, 2.75) is 47.0 Å². The van der Waals surface area contributed by atoms with Crippen LogP contribution in [0.2, 0.25) is 0 Å². The van der Waals surface area contributed by atoms with Gasteiger partial charge in [-0.2, -0.15) is 0 Å². The van der Waals surface area contributed by atoms with E-state index in [9.17, 15) is 14.4 Å². The van der Waals surface area contributed by atoms with Gasteiger partial charge in [0.25, 0.3) is 0 Å². The minimum Gasteiger partial charge on any atom is -0.481 e. The number of amides is 1. The number of rotatable bonds is 9. The molecule has 1 rings (SSSR count). The first-order valence-corrected chi connectivity index (χ1v) is 8.30. The smallest absolute Gasteiger partial charge is 0.308 e. The zero-order chi connectivity index (χ0) is 18.3. The lowest BCUT2D eigenvalue weighted by molar-refractivity contribution is -0.142. The molecule has 0 fully saturated rings. The number of benzene rings is 1. The summed E-state index contributed by atoms with van der Waals surface area (Å²) in [6, 6.07) is 5.67. The van der Waals surface area contributed by atoms with Gasteiger partial charge >= 0.3 is 5.97 Å². The van der Waals surface area contributed by atoms with Crippen LogP contribution >= 0.6 is 0 Å². The van der Waals surface area contributed by atoms with Crippen molar-refractivity contribution in [1.29, 1.82) is 0 Å². The predicted octanol–water partition coefficient (Wildman–Crippen LogP) is 3.13. The van der Waals surface area contributed by atoms with Crippen molar-refractivity contribution in [3.05, 3.63) is 34.9 Å². The number of carbonyl (C=O) groups excluding carboxylic acids is 2. The van der Waals surface area contributed by atoms with Gasteiger partial charge in [0, 0.05) is 24.9 Å². The quantitative estimate of drug-likeness (QED) is 0.680. The Kier molecular flexibility index (Phi) is 7.62. The maximum atomic E-state index is 12.2. The van der Waals surface area contributed by atoms with Crippen molar-refractivity contribution in [2.75, 3.05) is 6.54 Å². The molecule has 24 heavy (non-hydrogen) atoms. The Hall–Kier alpha value is -2.17. The lowest BCUT2D eigenvalue weighted by atomic mass is 9.97. The number of Topliss-reactive ketones (excluding diaryl/α,β-unsaturated/α-hetero) is 1. The molecular formula is C19H27NO4. The second kappa shape index (κ2) is 9.21. The summed E-state index contributed by atoms with van der Waals surface area (Å²) >= 11 is 0. The number of carbonyl (C=O) groups is 3. The molecule has 1 aromatic rings. The number of aliphatic carboxylic acids is 1. The summed E-state index contributed by atoms with van der Waals surface area (Å²) < 4.78 is 0. The van der Waals surface area contributed by atoms with E-state index in [-0.39, 0.29) is 37.0 Å². The van der Waals surface area contributed by atoms with E-state index in [1.54, 1.807) is 0 Å². The molecule has 1 aromatic carbocycles. The molecule has 0 aliphatic carbocycles. The van der Waals surface area contributed by atoms with E-state index in [4.69, 9.17) is 5.11 Å². The zero-order valence-electron chi connectivity index (χ0n) is 14.9. The number of hydrogen-bond acceptors (Lipinski definition) is 3. The highest BCUT2D eigenvalue weighted by atomic mass is 16.4. The molecule has 0 radical (unpaired) electrons. The van der Waals surface area contributed by atoms with E-state index < -0.39 is 11.9 Å². The lowest BCUT2D eigenvalue weighted by Crippen LogP contribution is -2.33. The van der Waals surface area contributed by atoms with Gasteiger partial charge in [0.05, 0.1) is 5.92 Å². The molecule has 5 nitrogen and oxygen atoms in total. The average Bonchev–Trinajstić information content (AvgIpc) is 2.50. The number of aryl methyl sites for hydroxylation is 2. The van der Waals surface area contributed by atoms with Gasteiger partial charge in [0.15, 0.2) is 5.78 Å². The number of carboxylic acids is 1. The molecule has 0 spiro atoms. The van der Waals surface area contributed by atoms with Crippen LogP contribution in [0.1, 0.15) is 54.6 Å². The number of hydrogen-bond donors (Lipinski definition) is 2. The average molecular weight is 333 g/mol. The fraction of sp³-hybridized carbons (Fsp3) is 0.526. The van der Waals surface area contributed by atoms with Gasteiger partial charge in [-0.05, 0) is 37.8 Å². The molecule has 1 amide bonds. The van der Waals surface area contributed by atoms with Gasteiger partial charge < -0.3 is 10.4 Å². The Bertz CT molecular complexity index is 607. The Morgan fingerprint density at radius 3 is 2.38 bits per heavy atom. The zero-order valence-corrected chi connectivity index (χ0v) is 14.9. The summed E-state index contributed by atoms with van der Waals surface area (Å²) in [5.41, 5.74) is 2.55. The summed E-state index contributed by atoms with van der Waals surface area (Å²) in [6.07, 6.45) is 0.704. The van der Waals surface area contributed by atoms with Crippen LogP contribution in [-0.2, 0) is 9.59 Å². The van der Waals surface area contributed by atoms with E-state index >= 15 is 0 Å². The first kappa shape index (κ1) is 19.9. The number of ketones is 1. The highest BCUT2D eigenvalue weighted by molar-refractivity contribution is 5.99. The molecule has 0 saturated carbocycles. The maximum Gasteiger partial charge on any atom is 0.308 e. The van der Waals surface area contributed by atoms with Gasteiger partial charge in [0.1, 0.15) is 0 Å². The Labute approximate surface area is 143 Å². The molecule has 2 N–H and O–H groups in total. The van der Waals surface area contributed by atoms with Crippen molar-refractivity contribution in [3.63, 3.8) is 0 Å². The van der Waals surface area contributed by atoms with E-state index in [2.05, 4.69) is 5.32 Å². The highest BCUT2D eigenvalue weighted by Crippen LogP contribution is 2.14. The van der Waals surface area contributed by atoms with Crippen molar-refractivity contribution in [1.82, 2.24) is 5.32 Å². The second-order valence-electron chi connectivity index (χ2n) is 6.71. The molecule has 5 heteroatoms. The largest absolute Gasteiger partial charge is 0.481 e. The first-order valence-electron chi connectivity index (χ1n) is 8.30. The summed E-state index contributed by atoms with van der Waals surface area (Å²) in [4.78, 5) is 35.3. The molecule has 0 aromatic heterocycles. The first-order chi connectivity index (χ1) is 11.2. The molecule has 132 valence electrons. The van der Waals surface area contributed by atoms with Crippen LogP contribution in [0.15, 0.2) is 18.2 Å². The Morgan fingerprint density at radius 2 is 1.79 bits per heavy atom. The van der Waals surface area contributed by atoms with Gasteiger partial charge in [-0.15, -0.1) is 0 Å². The van der Waals surface area contributed by atoms with Gasteiger partial charge in [-0.1, -0.05) is 31.5 Å². The number of nitrogens with one attached hydrogen (secondary N) is 1. The van der Waals surface area contributed by atoms with E-state index in [0.29, 0.717) is 12.0 Å². The van der Waals surface area contributed by atoms with Crippen molar-refractivity contribution < 1.29 is 19.5 Å². The monoisotopic (exact) mass is 333 g/mol. The molecular weight excluding hydrogens is 306 g/mol. The van der Waals surface area contributed by atoms with E-state index in [1.165, 1.54) is 0 Å². The normalized spacial score (nSPS) is 12.0. The SMILES string of the molecule is Cc1ccc(C)c(C(=O)CCC(=O)NCC(CC(C)C)C(=O)O)c1. The molecule has 1 unspecified atom stereocenters. The summed E-state index contributed by atoms with van der Waals surface area (Å²) in [5.74, 6) is -1.61. The van der Waals surface area contributed by atoms with Gasteiger partial charge in [-0.25, -0.2) is 0 Å². The topological polar surface area (TPSA) is 83.5 Å². The molecule has 0 bridgehead atoms. The molecule has 0 aliphatic heterocycles. The Morgan fingerprint density at radius 1 is 1.12 bits per heavy atom. The molecule has 1 atom stereocenters. The van der Waals surface area contributed by atoms with Crippen LogP contribution in [0.25, 0.3) is 0 Å². The third kappa shape index (κ3) is 6.52. The van der Waals surface area contributed by atoms with Crippen LogP contribution in [0.3, 0.4) is 0 Å². The number of carboxylic acid groups (broad SMARTS) is 1. The fourth-order valence-electron chi connectivity index (χ4n) is 2.56. The second-order valence-corrected chi connectivity index (χ2v) is 6.71. The van der Waals surface area contributed by atoms with E-state index in [0.717, 1.165) is 11.1 Å². The fourth-order valence-corrected chi connectivity index (χ4v) is 2.56. The third-order valence-corrected chi connectivity index (χ3v) is 3.92.